The predicted octanol–water partition coefficient (Wildman–Crippen LogP) is 2.38. The summed E-state index contributed by atoms with van der Waals surface area (Å²) in [5.74, 6) is -0.235. The topological polar surface area (TPSA) is 70.6 Å². The lowest BCUT2D eigenvalue weighted by Gasteiger charge is -2.22. The fourth-order valence-corrected chi connectivity index (χ4v) is 3.70. The molecule has 0 aliphatic rings. The van der Waals surface area contributed by atoms with Gasteiger partial charge in [-0.1, -0.05) is 6.07 Å². The average Bonchev–Trinajstić information content (AvgIpc) is 2.61. The number of sulfonamides is 1. The molecule has 6 nitrogen and oxygen atoms in total. The van der Waals surface area contributed by atoms with Gasteiger partial charge >= 0.3 is 0 Å². The highest BCUT2D eigenvalue weighted by molar-refractivity contribution is 7.89. The number of aromatic nitrogens is 1. The number of carbonyl (C=O) groups excluding carboxylic acids is 1. The number of amides is 1. The van der Waals surface area contributed by atoms with Crippen LogP contribution in [0.2, 0.25) is 0 Å². The van der Waals surface area contributed by atoms with Gasteiger partial charge in [-0.25, -0.2) is 8.42 Å². The van der Waals surface area contributed by atoms with E-state index in [2.05, 4.69) is 4.98 Å². The molecule has 2 aromatic rings. The lowest BCUT2D eigenvalue weighted by Crippen LogP contribution is -2.33. The maximum Gasteiger partial charge on any atom is 0.253 e. The van der Waals surface area contributed by atoms with Crippen LogP contribution in [0, 0.1) is 0 Å². The van der Waals surface area contributed by atoms with E-state index in [0.29, 0.717) is 12.1 Å². The number of rotatable bonds is 6. The summed E-state index contributed by atoms with van der Waals surface area (Å²) in [6.45, 7) is 4.02. The van der Waals surface area contributed by atoms with E-state index >= 15 is 0 Å². The number of nitrogens with zero attached hydrogens (tertiary/aromatic N) is 3. The SMILES string of the molecule is CC(C)N(C)S(=O)(=O)c1cccc(C(=O)N(C)Cc2ccncc2)c1. The number of benzene rings is 1. The molecule has 1 aromatic heterocycles. The first-order valence-electron chi connectivity index (χ1n) is 7.96. The van der Waals surface area contributed by atoms with Gasteiger partial charge in [0, 0.05) is 44.6 Å². The molecule has 0 N–H and O–H groups in total. The van der Waals surface area contributed by atoms with Gasteiger partial charge in [-0.2, -0.15) is 4.31 Å². The summed E-state index contributed by atoms with van der Waals surface area (Å²) in [5.41, 5.74) is 1.30. The Bertz CT molecular complexity index is 836. The minimum Gasteiger partial charge on any atom is -0.337 e. The number of pyridine rings is 1. The Morgan fingerprint density at radius 2 is 1.76 bits per heavy atom. The van der Waals surface area contributed by atoms with Crippen molar-refractivity contribution in [2.24, 2.45) is 0 Å². The third-order valence-corrected chi connectivity index (χ3v) is 6.03. The van der Waals surface area contributed by atoms with Crippen LogP contribution in [-0.4, -0.2) is 48.7 Å². The van der Waals surface area contributed by atoms with Gasteiger partial charge in [0.15, 0.2) is 0 Å². The smallest absolute Gasteiger partial charge is 0.253 e. The van der Waals surface area contributed by atoms with E-state index in [0.717, 1.165) is 5.56 Å². The quantitative estimate of drug-likeness (QED) is 0.792. The van der Waals surface area contributed by atoms with Crippen LogP contribution in [0.4, 0.5) is 0 Å². The second kappa shape index (κ2) is 7.76. The molecule has 1 amide bonds. The van der Waals surface area contributed by atoms with Crippen molar-refractivity contribution < 1.29 is 13.2 Å². The Labute approximate surface area is 149 Å². The minimum absolute atomic E-state index is 0.117. The first-order chi connectivity index (χ1) is 11.7. The summed E-state index contributed by atoms with van der Waals surface area (Å²) in [7, 11) is -0.408. The molecule has 1 heterocycles. The molecule has 0 saturated carbocycles. The van der Waals surface area contributed by atoms with Crippen molar-refractivity contribution in [3.05, 3.63) is 59.9 Å². The molecular weight excluding hydrogens is 338 g/mol. The zero-order valence-electron chi connectivity index (χ0n) is 14.9. The third-order valence-electron chi connectivity index (χ3n) is 4.00. The normalized spacial score (nSPS) is 11.8. The second-order valence-electron chi connectivity index (χ2n) is 6.16. The zero-order valence-corrected chi connectivity index (χ0v) is 15.7. The Hall–Kier alpha value is -2.25. The molecule has 1 aromatic carbocycles. The van der Waals surface area contributed by atoms with Crippen molar-refractivity contribution in [3.63, 3.8) is 0 Å². The van der Waals surface area contributed by atoms with Crippen LogP contribution < -0.4 is 0 Å². The predicted molar refractivity (Wildman–Crippen MR) is 96.6 cm³/mol. The fourth-order valence-electron chi connectivity index (χ4n) is 2.29. The molecule has 0 saturated heterocycles. The highest BCUT2D eigenvalue weighted by Crippen LogP contribution is 2.19. The Balaban J connectivity index is 2.24. The van der Waals surface area contributed by atoms with Crippen molar-refractivity contribution in [3.8, 4) is 0 Å². The molecule has 0 bridgehead atoms. The van der Waals surface area contributed by atoms with Crippen molar-refractivity contribution >= 4 is 15.9 Å². The van der Waals surface area contributed by atoms with Gasteiger partial charge in [0.05, 0.1) is 4.90 Å². The molecule has 0 unspecified atom stereocenters. The Morgan fingerprint density at radius 1 is 1.12 bits per heavy atom. The number of hydrogen-bond donors (Lipinski definition) is 0. The van der Waals surface area contributed by atoms with Gasteiger partial charge < -0.3 is 4.90 Å². The summed E-state index contributed by atoms with van der Waals surface area (Å²) >= 11 is 0. The summed E-state index contributed by atoms with van der Waals surface area (Å²) in [6, 6.07) is 9.66. The van der Waals surface area contributed by atoms with Gasteiger partial charge in [-0.3, -0.25) is 9.78 Å². The second-order valence-corrected chi connectivity index (χ2v) is 8.16. The molecule has 7 heteroatoms. The molecule has 0 radical (unpaired) electrons. The Kier molecular flexibility index (Phi) is 5.92. The van der Waals surface area contributed by atoms with Gasteiger partial charge in [0.25, 0.3) is 5.91 Å². The molecule has 0 aliphatic carbocycles. The monoisotopic (exact) mass is 361 g/mol. The van der Waals surface area contributed by atoms with Crippen molar-refractivity contribution in [1.82, 2.24) is 14.2 Å². The molecule has 25 heavy (non-hydrogen) atoms. The summed E-state index contributed by atoms with van der Waals surface area (Å²) in [4.78, 5) is 18.3. The first-order valence-corrected chi connectivity index (χ1v) is 9.40. The molecule has 0 atom stereocenters. The summed E-state index contributed by atoms with van der Waals surface area (Å²) in [5, 5.41) is 0. The van der Waals surface area contributed by atoms with Gasteiger partial charge in [0.1, 0.15) is 0 Å². The standard InChI is InChI=1S/C18H23N3O3S/c1-14(2)21(4)25(23,24)17-7-5-6-16(12-17)18(22)20(3)13-15-8-10-19-11-9-15/h5-12,14H,13H2,1-4H3. The molecule has 0 spiro atoms. The third kappa shape index (κ3) is 4.43. The number of hydrogen-bond acceptors (Lipinski definition) is 4. The van der Waals surface area contributed by atoms with Gasteiger partial charge in [0.2, 0.25) is 10.0 Å². The van der Waals surface area contributed by atoms with E-state index in [1.54, 1.807) is 50.3 Å². The largest absolute Gasteiger partial charge is 0.337 e. The van der Waals surface area contributed by atoms with Crippen LogP contribution in [0.15, 0.2) is 53.7 Å². The highest BCUT2D eigenvalue weighted by atomic mass is 32.2. The van der Waals surface area contributed by atoms with E-state index in [1.165, 1.54) is 23.5 Å². The number of carbonyl (C=O) groups is 1. The van der Waals surface area contributed by atoms with Crippen LogP contribution in [0.25, 0.3) is 0 Å². The maximum absolute atomic E-state index is 12.6. The van der Waals surface area contributed by atoms with E-state index in [4.69, 9.17) is 0 Å². The van der Waals surface area contributed by atoms with Gasteiger partial charge in [-0.05, 0) is 49.7 Å². The molecule has 0 aliphatic heterocycles. The van der Waals surface area contributed by atoms with Crippen molar-refractivity contribution in [2.45, 2.75) is 31.3 Å². The van der Waals surface area contributed by atoms with Crippen molar-refractivity contribution in [1.29, 1.82) is 0 Å². The minimum atomic E-state index is -3.62. The fraction of sp³-hybridized carbons (Fsp3) is 0.333. The van der Waals surface area contributed by atoms with Crippen LogP contribution in [-0.2, 0) is 16.6 Å². The average molecular weight is 361 g/mol. The van der Waals surface area contributed by atoms with E-state index in [9.17, 15) is 13.2 Å². The lowest BCUT2D eigenvalue weighted by atomic mass is 10.2. The Morgan fingerprint density at radius 3 is 2.36 bits per heavy atom. The molecule has 0 fully saturated rings. The highest BCUT2D eigenvalue weighted by Gasteiger charge is 2.24. The molecule has 134 valence electrons. The van der Waals surface area contributed by atoms with E-state index in [-0.39, 0.29) is 16.8 Å². The summed E-state index contributed by atoms with van der Waals surface area (Å²) in [6.07, 6.45) is 3.34. The van der Waals surface area contributed by atoms with Crippen molar-refractivity contribution in [2.75, 3.05) is 14.1 Å². The van der Waals surface area contributed by atoms with E-state index in [1.807, 2.05) is 12.1 Å². The lowest BCUT2D eigenvalue weighted by molar-refractivity contribution is 0.0785. The maximum atomic E-state index is 12.6. The summed E-state index contributed by atoms with van der Waals surface area (Å²) < 4.78 is 26.5. The van der Waals surface area contributed by atoms with Crippen LogP contribution in [0.3, 0.4) is 0 Å². The van der Waals surface area contributed by atoms with E-state index < -0.39 is 10.0 Å². The van der Waals surface area contributed by atoms with Gasteiger partial charge in [-0.15, -0.1) is 0 Å². The molecule has 2 rings (SSSR count). The first kappa shape index (κ1) is 19.1. The van der Waals surface area contributed by atoms with Crippen LogP contribution in [0.1, 0.15) is 29.8 Å². The molecular formula is C18H23N3O3S. The van der Waals surface area contributed by atoms with Crippen LogP contribution in [0.5, 0.6) is 0 Å². The van der Waals surface area contributed by atoms with Crippen LogP contribution >= 0.6 is 0 Å². The zero-order chi connectivity index (χ0) is 18.6.